The Morgan fingerprint density at radius 1 is 0.725 bits per heavy atom. The van der Waals surface area contributed by atoms with Gasteiger partial charge in [0.1, 0.15) is 11.8 Å². The highest BCUT2D eigenvalue weighted by Gasteiger charge is 2.31. The summed E-state index contributed by atoms with van der Waals surface area (Å²) in [5.41, 5.74) is -0.445. The zero-order chi connectivity index (χ0) is 37.3. The first-order chi connectivity index (χ1) is 24.5. The Hall–Kier alpha value is -4.95. The van der Waals surface area contributed by atoms with E-state index in [-0.39, 0.29) is 18.7 Å². The summed E-state index contributed by atoms with van der Waals surface area (Å²) in [6.07, 6.45) is 31.4. The highest BCUT2D eigenvalue weighted by atomic mass is 35.5. The number of rotatable bonds is 23. The number of carboxylic acids is 1. The van der Waals surface area contributed by atoms with Gasteiger partial charge in [-0.15, -0.1) is 0 Å². The van der Waals surface area contributed by atoms with Crippen molar-refractivity contribution in [3.8, 4) is 5.75 Å². The summed E-state index contributed by atoms with van der Waals surface area (Å²) in [6, 6.07) is 11.6. The number of hydrogen-bond acceptors (Lipinski definition) is 5. The summed E-state index contributed by atoms with van der Waals surface area (Å²) in [7, 11) is 0. The van der Waals surface area contributed by atoms with Crippen molar-refractivity contribution in [2.45, 2.75) is 83.8 Å². The number of ketones is 1. The Morgan fingerprint density at radius 3 is 1.65 bits per heavy atom. The zero-order valence-corrected chi connectivity index (χ0v) is 30.6. The maximum Gasteiger partial charge on any atom is 0.328 e. The third kappa shape index (κ3) is 18.0. The molecule has 0 bridgehead atoms. The quantitative estimate of drug-likeness (QED) is 0.0781. The topological polar surface area (TPSA) is 122 Å². The highest BCUT2D eigenvalue weighted by molar-refractivity contribution is 6.30. The van der Waals surface area contributed by atoms with Gasteiger partial charge in [-0.2, -0.15) is 0 Å². The van der Waals surface area contributed by atoms with Crippen LogP contribution in [0.3, 0.4) is 0 Å². The Labute approximate surface area is 307 Å². The fraction of sp³-hybridized carbons (Fsp3) is 0.333. The number of carbonyl (C=O) groups excluding carboxylic acids is 3. The first-order valence-corrected chi connectivity index (χ1v) is 17.7. The normalized spacial score (nSPS) is 12.9. The van der Waals surface area contributed by atoms with Crippen LogP contribution in [-0.2, 0) is 14.4 Å². The van der Waals surface area contributed by atoms with Gasteiger partial charge in [0.05, 0.1) is 0 Å². The van der Waals surface area contributed by atoms with Crippen LogP contribution in [0.5, 0.6) is 5.75 Å². The van der Waals surface area contributed by atoms with Gasteiger partial charge in [-0.3, -0.25) is 14.4 Å². The number of halogens is 1. The van der Waals surface area contributed by atoms with Crippen molar-refractivity contribution >= 4 is 35.2 Å². The SMILES string of the molecule is CC/C=C\C/C=C\C/C=C\C/C=C\C/C=C\C/C=C\CCC(=O)NC(CNC(=O)C(C)(C)Oc1ccc(C(=O)c2ccc(Cl)cc2)cc1)C(=O)O. The molecule has 272 valence electrons. The van der Waals surface area contributed by atoms with Crippen molar-refractivity contribution in [2.75, 3.05) is 6.54 Å². The average molecular weight is 715 g/mol. The summed E-state index contributed by atoms with van der Waals surface area (Å²) in [5, 5.41) is 15.2. The Kier molecular flexibility index (Phi) is 20.1. The minimum Gasteiger partial charge on any atom is -0.480 e. The lowest BCUT2D eigenvalue weighted by Gasteiger charge is -2.26. The summed E-state index contributed by atoms with van der Waals surface area (Å²) in [5.74, 6) is -2.10. The van der Waals surface area contributed by atoms with E-state index < -0.39 is 29.4 Å². The van der Waals surface area contributed by atoms with Gasteiger partial charge in [-0.1, -0.05) is 91.4 Å². The molecule has 0 aromatic heterocycles. The van der Waals surface area contributed by atoms with Crippen LogP contribution in [0.2, 0.25) is 5.02 Å². The molecule has 3 N–H and O–H groups in total. The summed E-state index contributed by atoms with van der Waals surface area (Å²) < 4.78 is 5.84. The number of hydrogen-bond donors (Lipinski definition) is 3. The molecule has 0 fully saturated rings. The highest BCUT2D eigenvalue weighted by Crippen LogP contribution is 2.21. The van der Waals surface area contributed by atoms with Crippen LogP contribution >= 0.6 is 11.6 Å². The maximum atomic E-state index is 12.9. The second-order valence-electron chi connectivity index (χ2n) is 12.1. The predicted molar refractivity (Wildman–Crippen MR) is 206 cm³/mol. The van der Waals surface area contributed by atoms with E-state index in [4.69, 9.17) is 16.3 Å². The molecule has 8 nitrogen and oxygen atoms in total. The van der Waals surface area contributed by atoms with Gasteiger partial charge in [-0.25, -0.2) is 4.79 Å². The van der Waals surface area contributed by atoms with Crippen LogP contribution in [0, 0.1) is 0 Å². The first-order valence-electron chi connectivity index (χ1n) is 17.3. The van der Waals surface area contributed by atoms with Gasteiger partial charge in [0.25, 0.3) is 5.91 Å². The first kappa shape index (κ1) is 42.2. The molecule has 0 aliphatic heterocycles. The number of carboxylic acid groups (broad SMARTS) is 1. The molecule has 0 heterocycles. The van der Waals surface area contributed by atoms with Gasteiger partial charge in [-0.05, 0) is 107 Å². The largest absolute Gasteiger partial charge is 0.480 e. The van der Waals surface area contributed by atoms with Crippen molar-refractivity contribution in [3.05, 3.63) is 138 Å². The van der Waals surface area contributed by atoms with E-state index in [1.54, 1.807) is 48.5 Å². The molecule has 0 saturated heterocycles. The summed E-state index contributed by atoms with van der Waals surface area (Å²) >= 11 is 5.90. The number of allylic oxidation sites excluding steroid dienone is 12. The lowest BCUT2D eigenvalue weighted by atomic mass is 10.0. The molecule has 0 aliphatic rings. The van der Waals surface area contributed by atoms with Crippen molar-refractivity contribution in [3.63, 3.8) is 0 Å². The van der Waals surface area contributed by atoms with E-state index in [1.165, 1.54) is 13.8 Å². The molecular formula is C42H51ClN2O6. The predicted octanol–water partition coefficient (Wildman–Crippen LogP) is 8.89. The zero-order valence-electron chi connectivity index (χ0n) is 29.9. The number of aliphatic carboxylic acids is 1. The monoisotopic (exact) mass is 714 g/mol. The van der Waals surface area contributed by atoms with E-state index in [2.05, 4.69) is 78.3 Å². The molecule has 0 radical (unpaired) electrons. The lowest BCUT2D eigenvalue weighted by Crippen LogP contribution is -2.53. The van der Waals surface area contributed by atoms with Crippen LogP contribution in [0.4, 0.5) is 0 Å². The second-order valence-corrected chi connectivity index (χ2v) is 12.5. The number of nitrogens with one attached hydrogen (secondary N) is 2. The van der Waals surface area contributed by atoms with Crippen molar-refractivity contribution < 1.29 is 29.0 Å². The molecule has 1 unspecified atom stereocenters. The standard InChI is InChI=1S/C42H51ClN2O6/c1-4-5-6-7-8-9-10-11-12-13-14-15-16-17-18-19-20-21-22-23-38(46)45-37(40(48)49)32-44-41(50)42(2,3)51-36-30-26-34(27-31-36)39(47)33-24-28-35(43)29-25-33/h5-6,8-9,11-12,14-15,17-18,20-21,24-31,37H,4,7,10,13,16,19,22-23,32H2,1-3H3,(H,44,50)(H,45,46)(H,48,49)/b6-5-,9-8-,12-11-,15-14-,18-17-,21-20-. The van der Waals surface area contributed by atoms with Gasteiger partial charge < -0.3 is 20.5 Å². The van der Waals surface area contributed by atoms with Crippen molar-refractivity contribution in [2.24, 2.45) is 0 Å². The van der Waals surface area contributed by atoms with Crippen molar-refractivity contribution in [1.29, 1.82) is 0 Å². The molecule has 2 rings (SSSR count). The third-order valence-electron chi connectivity index (χ3n) is 7.38. The fourth-order valence-electron chi connectivity index (χ4n) is 4.51. The van der Waals surface area contributed by atoms with Crippen molar-refractivity contribution in [1.82, 2.24) is 10.6 Å². The molecule has 0 saturated carbocycles. The van der Waals surface area contributed by atoms with Crippen LogP contribution in [-0.4, -0.2) is 46.9 Å². The minimum atomic E-state index is -1.37. The van der Waals surface area contributed by atoms with E-state index in [1.807, 2.05) is 12.2 Å². The van der Waals surface area contributed by atoms with Gasteiger partial charge in [0.15, 0.2) is 11.4 Å². The lowest BCUT2D eigenvalue weighted by molar-refractivity contribution is -0.142. The molecule has 2 aromatic carbocycles. The van der Waals surface area contributed by atoms with E-state index in [9.17, 15) is 24.3 Å². The van der Waals surface area contributed by atoms with Crippen LogP contribution < -0.4 is 15.4 Å². The molecule has 1 atom stereocenters. The molecule has 9 heteroatoms. The van der Waals surface area contributed by atoms with E-state index in [0.717, 1.165) is 38.5 Å². The summed E-state index contributed by atoms with van der Waals surface area (Å²) in [4.78, 5) is 49.8. The molecular weight excluding hydrogens is 664 g/mol. The molecule has 0 spiro atoms. The molecule has 51 heavy (non-hydrogen) atoms. The van der Waals surface area contributed by atoms with Gasteiger partial charge >= 0.3 is 5.97 Å². The molecule has 0 aliphatic carbocycles. The smallest absolute Gasteiger partial charge is 0.328 e. The number of amides is 2. The fourth-order valence-corrected chi connectivity index (χ4v) is 4.64. The van der Waals surface area contributed by atoms with Gasteiger partial charge in [0.2, 0.25) is 5.91 Å². The minimum absolute atomic E-state index is 0.116. The van der Waals surface area contributed by atoms with E-state index >= 15 is 0 Å². The molecule has 2 aromatic rings. The Balaban J connectivity index is 1.66. The second kappa shape index (κ2) is 24.2. The number of carbonyl (C=O) groups is 4. The Bertz CT molecular complexity index is 1570. The number of ether oxygens (including phenoxy) is 1. The number of benzene rings is 2. The Morgan fingerprint density at radius 2 is 1.18 bits per heavy atom. The maximum absolute atomic E-state index is 12.9. The molecule has 2 amide bonds. The van der Waals surface area contributed by atoms with Crippen LogP contribution in [0.15, 0.2) is 121 Å². The summed E-state index contributed by atoms with van der Waals surface area (Å²) in [6.45, 7) is 4.89. The van der Waals surface area contributed by atoms with Crippen LogP contribution in [0.25, 0.3) is 0 Å². The van der Waals surface area contributed by atoms with Gasteiger partial charge in [0, 0.05) is 29.1 Å². The average Bonchev–Trinajstić information content (AvgIpc) is 3.11. The third-order valence-corrected chi connectivity index (χ3v) is 7.63. The van der Waals surface area contributed by atoms with Crippen LogP contribution in [0.1, 0.15) is 88.1 Å². The van der Waals surface area contributed by atoms with E-state index in [0.29, 0.717) is 28.3 Å².